The van der Waals surface area contributed by atoms with E-state index in [9.17, 15) is 18.4 Å². The van der Waals surface area contributed by atoms with Crippen LogP contribution < -0.4 is 0 Å². The number of piperidine rings is 1. The standard InChI is InChI=1S/C14H15F2NO3/c15-10-5-4-9(11(16)8-10)7-13(18)17-6-2-1-3-12(17)14(19)20/h4-5,8,12H,1-3,6-7H2,(H,19,20)/t12-/m0/s1. The van der Waals surface area contributed by atoms with E-state index in [1.54, 1.807) is 0 Å². The number of carboxylic acid groups (broad SMARTS) is 1. The first-order valence-electron chi connectivity index (χ1n) is 6.45. The van der Waals surface area contributed by atoms with Crippen LogP contribution in [-0.4, -0.2) is 34.5 Å². The average molecular weight is 283 g/mol. The van der Waals surface area contributed by atoms with Crippen molar-refractivity contribution in [3.8, 4) is 0 Å². The number of rotatable bonds is 3. The second kappa shape index (κ2) is 5.98. The van der Waals surface area contributed by atoms with Crippen molar-refractivity contribution in [3.05, 3.63) is 35.4 Å². The lowest BCUT2D eigenvalue weighted by Gasteiger charge is -2.33. The number of nitrogens with zero attached hydrogens (tertiary/aromatic N) is 1. The molecule has 4 nitrogen and oxygen atoms in total. The van der Waals surface area contributed by atoms with Gasteiger partial charge < -0.3 is 10.0 Å². The van der Waals surface area contributed by atoms with E-state index in [0.29, 0.717) is 19.0 Å². The summed E-state index contributed by atoms with van der Waals surface area (Å²) in [5, 5.41) is 9.10. The number of amides is 1. The molecule has 1 saturated heterocycles. The molecule has 0 radical (unpaired) electrons. The molecule has 1 aromatic rings. The zero-order chi connectivity index (χ0) is 14.7. The van der Waals surface area contributed by atoms with Crippen molar-refractivity contribution in [2.24, 2.45) is 0 Å². The SMILES string of the molecule is O=C(O)[C@@H]1CCCCN1C(=O)Cc1ccc(F)cc1F. The van der Waals surface area contributed by atoms with Crippen LogP contribution in [0.2, 0.25) is 0 Å². The number of benzene rings is 1. The number of aliphatic carboxylic acids is 1. The maximum absolute atomic E-state index is 13.5. The lowest BCUT2D eigenvalue weighted by atomic mass is 10.0. The predicted molar refractivity (Wildman–Crippen MR) is 67.0 cm³/mol. The summed E-state index contributed by atoms with van der Waals surface area (Å²) in [4.78, 5) is 24.5. The van der Waals surface area contributed by atoms with E-state index in [1.807, 2.05) is 0 Å². The Bertz CT molecular complexity index is 533. The van der Waals surface area contributed by atoms with E-state index >= 15 is 0 Å². The van der Waals surface area contributed by atoms with Gasteiger partial charge in [-0.1, -0.05) is 6.07 Å². The van der Waals surface area contributed by atoms with Crippen molar-refractivity contribution >= 4 is 11.9 Å². The second-order valence-corrected chi connectivity index (χ2v) is 4.85. The molecule has 108 valence electrons. The molecule has 0 saturated carbocycles. The molecule has 0 bridgehead atoms. The van der Waals surface area contributed by atoms with Gasteiger partial charge in [0.05, 0.1) is 6.42 Å². The Kier molecular flexibility index (Phi) is 4.32. The smallest absolute Gasteiger partial charge is 0.326 e. The summed E-state index contributed by atoms with van der Waals surface area (Å²) in [5.74, 6) is -2.98. The van der Waals surface area contributed by atoms with E-state index in [0.717, 1.165) is 18.9 Å². The number of carbonyl (C=O) groups excluding carboxylic acids is 1. The number of carboxylic acids is 1. The van der Waals surface area contributed by atoms with Gasteiger partial charge in [0, 0.05) is 12.6 Å². The highest BCUT2D eigenvalue weighted by atomic mass is 19.1. The Morgan fingerprint density at radius 3 is 2.70 bits per heavy atom. The molecule has 6 heteroatoms. The van der Waals surface area contributed by atoms with Crippen LogP contribution in [0.1, 0.15) is 24.8 Å². The van der Waals surface area contributed by atoms with Gasteiger partial charge in [-0.25, -0.2) is 13.6 Å². The summed E-state index contributed by atoms with van der Waals surface area (Å²) >= 11 is 0. The molecule has 1 N–H and O–H groups in total. The van der Waals surface area contributed by atoms with Gasteiger partial charge in [-0.3, -0.25) is 4.79 Å². The molecule has 1 fully saturated rings. The van der Waals surface area contributed by atoms with Crippen molar-refractivity contribution < 1.29 is 23.5 Å². The monoisotopic (exact) mass is 283 g/mol. The number of likely N-dealkylation sites (tertiary alicyclic amines) is 1. The fourth-order valence-electron chi connectivity index (χ4n) is 2.42. The minimum absolute atomic E-state index is 0.0751. The Balaban J connectivity index is 2.12. The molecule has 2 rings (SSSR count). The minimum Gasteiger partial charge on any atom is -0.480 e. The van der Waals surface area contributed by atoms with E-state index in [2.05, 4.69) is 0 Å². The molecule has 0 aromatic heterocycles. The van der Waals surface area contributed by atoms with Gasteiger partial charge >= 0.3 is 5.97 Å². The summed E-state index contributed by atoms with van der Waals surface area (Å²) in [6, 6.07) is 2.16. The van der Waals surface area contributed by atoms with Crippen LogP contribution in [0.3, 0.4) is 0 Å². The zero-order valence-corrected chi connectivity index (χ0v) is 10.8. The maximum atomic E-state index is 13.5. The molecule has 0 spiro atoms. The normalized spacial score (nSPS) is 18.9. The van der Waals surface area contributed by atoms with E-state index in [1.165, 1.54) is 11.0 Å². The highest BCUT2D eigenvalue weighted by molar-refractivity contribution is 5.85. The molecule has 1 atom stereocenters. The third-order valence-corrected chi connectivity index (χ3v) is 3.46. The summed E-state index contributed by atoms with van der Waals surface area (Å²) in [6.07, 6.45) is 1.65. The van der Waals surface area contributed by atoms with E-state index in [4.69, 9.17) is 5.11 Å². The quantitative estimate of drug-likeness (QED) is 0.922. The van der Waals surface area contributed by atoms with Gasteiger partial charge in [-0.2, -0.15) is 0 Å². The fraction of sp³-hybridized carbons (Fsp3) is 0.429. The Labute approximate surface area is 115 Å². The van der Waals surface area contributed by atoms with Crippen molar-refractivity contribution in [3.63, 3.8) is 0 Å². The van der Waals surface area contributed by atoms with Gasteiger partial charge in [0.1, 0.15) is 17.7 Å². The van der Waals surface area contributed by atoms with Crippen molar-refractivity contribution in [1.29, 1.82) is 0 Å². The van der Waals surface area contributed by atoms with Crippen LogP contribution >= 0.6 is 0 Å². The predicted octanol–water partition coefficient (Wildman–Crippen LogP) is 1.97. The topological polar surface area (TPSA) is 57.6 Å². The maximum Gasteiger partial charge on any atom is 0.326 e. The molecular formula is C14H15F2NO3. The van der Waals surface area contributed by atoms with Crippen LogP contribution in [0, 0.1) is 11.6 Å². The Morgan fingerprint density at radius 1 is 1.30 bits per heavy atom. The number of hydrogen-bond donors (Lipinski definition) is 1. The molecule has 1 aromatic carbocycles. The van der Waals surface area contributed by atoms with Crippen molar-refractivity contribution in [2.75, 3.05) is 6.54 Å². The first-order valence-corrected chi connectivity index (χ1v) is 6.45. The number of carbonyl (C=O) groups is 2. The molecule has 0 aliphatic carbocycles. The van der Waals surface area contributed by atoms with Crippen molar-refractivity contribution in [2.45, 2.75) is 31.7 Å². The van der Waals surface area contributed by atoms with Gasteiger partial charge in [0.15, 0.2) is 0 Å². The van der Waals surface area contributed by atoms with Crippen LogP contribution in [0.4, 0.5) is 8.78 Å². The highest BCUT2D eigenvalue weighted by Crippen LogP contribution is 2.19. The highest BCUT2D eigenvalue weighted by Gasteiger charge is 2.31. The molecular weight excluding hydrogens is 268 g/mol. The summed E-state index contributed by atoms with van der Waals surface area (Å²) in [7, 11) is 0. The zero-order valence-electron chi connectivity index (χ0n) is 10.8. The van der Waals surface area contributed by atoms with Crippen LogP contribution in [-0.2, 0) is 16.0 Å². The number of halogens is 2. The van der Waals surface area contributed by atoms with Gasteiger partial charge in [0.25, 0.3) is 0 Å². The molecule has 1 heterocycles. The lowest BCUT2D eigenvalue weighted by molar-refractivity contribution is -0.151. The summed E-state index contributed by atoms with van der Waals surface area (Å²) in [6.45, 7) is 0.360. The first-order chi connectivity index (χ1) is 9.49. The number of hydrogen-bond acceptors (Lipinski definition) is 2. The molecule has 20 heavy (non-hydrogen) atoms. The van der Waals surface area contributed by atoms with Crippen molar-refractivity contribution in [1.82, 2.24) is 4.90 Å². The summed E-state index contributed by atoms with van der Waals surface area (Å²) in [5.41, 5.74) is 0.0751. The van der Waals surface area contributed by atoms with Gasteiger partial charge in [-0.15, -0.1) is 0 Å². The third-order valence-electron chi connectivity index (χ3n) is 3.46. The largest absolute Gasteiger partial charge is 0.480 e. The van der Waals surface area contributed by atoms with E-state index < -0.39 is 29.6 Å². The Morgan fingerprint density at radius 2 is 2.05 bits per heavy atom. The van der Waals surface area contributed by atoms with Gasteiger partial charge in [-0.05, 0) is 30.9 Å². The van der Waals surface area contributed by atoms with Gasteiger partial charge in [0.2, 0.25) is 5.91 Å². The Hall–Kier alpha value is -1.98. The third kappa shape index (κ3) is 3.12. The van der Waals surface area contributed by atoms with Crippen LogP contribution in [0.5, 0.6) is 0 Å². The summed E-state index contributed by atoms with van der Waals surface area (Å²) < 4.78 is 26.3. The second-order valence-electron chi connectivity index (χ2n) is 4.85. The van der Waals surface area contributed by atoms with Crippen LogP contribution in [0.25, 0.3) is 0 Å². The average Bonchev–Trinajstić information content (AvgIpc) is 2.41. The fourth-order valence-corrected chi connectivity index (χ4v) is 2.42. The van der Waals surface area contributed by atoms with Crippen LogP contribution in [0.15, 0.2) is 18.2 Å². The first kappa shape index (κ1) is 14.4. The molecule has 0 unspecified atom stereocenters. The molecule has 1 aliphatic heterocycles. The molecule has 1 amide bonds. The minimum atomic E-state index is -1.04. The lowest BCUT2D eigenvalue weighted by Crippen LogP contribution is -2.48. The molecule has 1 aliphatic rings. The van der Waals surface area contributed by atoms with E-state index in [-0.39, 0.29) is 12.0 Å².